The molecule has 3 heterocycles. The molecule has 1 fully saturated rings. The van der Waals surface area contributed by atoms with Gasteiger partial charge in [0.25, 0.3) is 5.91 Å². The maximum atomic E-state index is 14.3. The van der Waals surface area contributed by atoms with Crippen LogP contribution in [0.4, 0.5) is 26.1 Å². The first-order chi connectivity index (χ1) is 24.8. The van der Waals surface area contributed by atoms with Crippen molar-refractivity contribution >= 4 is 56.0 Å². The van der Waals surface area contributed by atoms with E-state index >= 15 is 0 Å². The quantitative estimate of drug-likeness (QED) is 0.129. The molecule has 0 saturated carbocycles. The van der Waals surface area contributed by atoms with Gasteiger partial charge in [0.2, 0.25) is 5.95 Å². The van der Waals surface area contributed by atoms with Crippen LogP contribution >= 0.6 is 22.9 Å². The number of carbonyl (C=O) groups is 1. The standard InChI is InChI=1S/C37H37ClF2N6O4S2/c1-37(2,3)52(48,49)22-31-45-33(23-8-6-9-24(20-23)42-35(47)32-27(39)10-7-11-28(32)40)34(51-31)29-14-15-41-36(44-29)43-25-12-13-30(26(38)21-25)50-19-18-46-16-4-5-17-46/h6-15,20-21H,4-5,16-19,22H2,1-3H3,(H,42,47)(H,41,43,44). The van der Waals surface area contributed by atoms with Crippen molar-refractivity contribution in [3.63, 3.8) is 0 Å². The first-order valence-corrected chi connectivity index (χ1v) is 19.4. The lowest BCUT2D eigenvalue weighted by Crippen LogP contribution is -2.29. The molecule has 5 aromatic rings. The molecule has 6 rings (SSSR count). The number of likely N-dealkylation sites (tertiary alicyclic amines) is 1. The highest BCUT2D eigenvalue weighted by molar-refractivity contribution is 7.92. The zero-order valence-corrected chi connectivity index (χ0v) is 31.1. The zero-order chi connectivity index (χ0) is 37.0. The van der Waals surface area contributed by atoms with Crippen LogP contribution in [0, 0.1) is 11.6 Å². The molecule has 0 radical (unpaired) electrons. The molecule has 0 spiro atoms. The van der Waals surface area contributed by atoms with Gasteiger partial charge in [0.15, 0.2) is 9.84 Å². The molecule has 0 aliphatic carbocycles. The van der Waals surface area contributed by atoms with Crippen LogP contribution in [0.3, 0.4) is 0 Å². The van der Waals surface area contributed by atoms with Crippen molar-refractivity contribution in [2.75, 3.05) is 36.9 Å². The third-order valence-electron chi connectivity index (χ3n) is 8.44. The van der Waals surface area contributed by atoms with Crippen LogP contribution in [0.5, 0.6) is 5.75 Å². The Kier molecular flexibility index (Phi) is 11.2. The molecule has 1 aliphatic rings. The maximum absolute atomic E-state index is 14.3. The summed E-state index contributed by atoms with van der Waals surface area (Å²) in [5.41, 5.74) is 1.54. The maximum Gasteiger partial charge on any atom is 0.261 e. The summed E-state index contributed by atoms with van der Waals surface area (Å²) >= 11 is 7.72. The Bertz CT molecular complexity index is 2180. The number of anilines is 3. The second kappa shape index (κ2) is 15.6. The molecule has 1 saturated heterocycles. The largest absolute Gasteiger partial charge is 0.491 e. The fourth-order valence-electron chi connectivity index (χ4n) is 5.49. The number of nitrogens with one attached hydrogen (secondary N) is 2. The molecule has 1 aliphatic heterocycles. The van der Waals surface area contributed by atoms with Gasteiger partial charge in [-0.1, -0.05) is 29.8 Å². The van der Waals surface area contributed by atoms with Crippen molar-refractivity contribution < 1.29 is 26.7 Å². The van der Waals surface area contributed by atoms with Crippen LogP contribution < -0.4 is 15.4 Å². The molecular weight excluding hydrogens is 730 g/mol. The molecule has 15 heteroatoms. The Morgan fingerprint density at radius 3 is 2.42 bits per heavy atom. The Morgan fingerprint density at radius 2 is 1.71 bits per heavy atom. The minimum absolute atomic E-state index is 0.248. The number of halogens is 3. The number of benzene rings is 3. The third kappa shape index (κ3) is 8.75. The molecule has 0 unspecified atom stereocenters. The number of amides is 1. The summed E-state index contributed by atoms with van der Waals surface area (Å²) in [6, 6.07) is 16.7. The van der Waals surface area contributed by atoms with E-state index in [2.05, 4.69) is 20.5 Å². The highest BCUT2D eigenvalue weighted by Gasteiger charge is 2.31. The number of aromatic nitrogens is 3. The summed E-state index contributed by atoms with van der Waals surface area (Å²) in [7, 11) is -3.60. The van der Waals surface area contributed by atoms with E-state index < -0.39 is 37.7 Å². The third-order valence-corrected chi connectivity index (χ3v) is 12.5. The highest BCUT2D eigenvalue weighted by Crippen LogP contribution is 2.39. The normalized spacial score (nSPS) is 13.7. The Morgan fingerprint density at radius 1 is 0.981 bits per heavy atom. The summed E-state index contributed by atoms with van der Waals surface area (Å²) in [6.45, 7) is 8.44. The van der Waals surface area contributed by atoms with E-state index in [1.165, 1.54) is 30.2 Å². The molecule has 272 valence electrons. The van der Waals surface area contributed by atoms with E-state index in [0.717, 1.165) is 31.8 Å². The van der Waals surface area contributed by atoms with Crippen LogP contribution in [-0.4, -0.2) is 65.2 Å². The molecule has 52 heavy (non-hydrogen) atoms. The van der Waals surface area contributed by atoms with Crippen molar-refractivity contribution in [2.24, 2.45) is 0 Å². The van der Waals surface area contributed by atoms with Crippen molar-refractivity contribution in [3.8, 4) is 27.6 Å². The van der Waals surface area contributed by atoms with E-state index in [1.54, 1.807) is 69.4 Å². The number of ether oxygens (including phenoxy) is 1. The number of carbonyl (C=O) groups excluding carboxylic acids is 1. The Labute approximate surface area is 310 Å². The van der Waals surface area contributed by atoms with E-state index in [0.29, 0.717) is 49.9 Å². The van der Waals surface area contributed by atoms with Crippen LogP contribution in [0.2, 0.25) is 5.02 Å². The van der Waals surface area contributed by atoms with Gasteiger partial charge in [-0.3, -0.25) is 9.69 Å². The van der Waals surface area contributed by atoms with Crippen LogP contribution in [-0.2, 0) is 15.6 Å². The fraction of sp³-hybridized carbons (Fsp3) is 0.297. The lowest BCUT2D eigenvalue weighted by molar-refractivity contribution is 0.101. The number of hydrogen-bond acceptors (Lipinski definition) is 10. The summed E-state index contributed by atoms with van der Waals surface area (Å²) in [5, 5.41) is 6.49. The highest BCUT2D eigenvalue weighted by atomic mass is 35.5. The second-order valence-corrected chi connectivity index (χ2v) is 17.5. The van der Waals surface area contributed by atoms with Crippen molar-refractivity contribution in [1.29, 1.82) is 0 Å². The minimum atomic E-state index is -3.60. The van der Waals surface area contributed by atoms with Gasteiger partial charge >= 0.3 is 0 Å². The van der Waals surface area contributed by atoms with Crippen molar-refractivity contribution in [2.45, 2.75) is 44.1 Å². The predicted molar refractivity (Wildman–Crippen MR) is 201 cm³/mol. The van der Waals surface area contributed by atoms with Crippen LogP contribution in [0.1, 0.15) is 49.0 Å². The van der Waals surface area contributed by atoms with Gasteiger partial charge in [-0.25, -0.2) is 32.2 Å². The monoisotopic (exact) mass is 766 g/mol. The molecule has 1 amide bonds. The number of hydrogen-bond donors (Lipinski definition) is 2. The number of nitrogens with zero attached hydrogens (tertiary/aromatic N) is 4. The van der Waals surface area contributed by atoms with Gasteiger partial charge in [0, 0.05) is 29.7 Å². The van der Waals surface area contributed by atoms with Gasteiger partial charge in [0.1, 0.15) is 40.3 Å². The van der Waals surface area contributed by atoms with Gasteiger partial charge in [-0.15, -0.1) is 11.3 Å². The zero-order valence-electron chi connectivity index (χ0n) is 28.8. The lowest BCUT2D eigenvalue weighted by atomic mass is 10.1. The molecular formula is C37H37ClF2N6O4S2. The van der Waals surface area contributed by atoms with E-state index in [4.69, 9.17) is 26.3 Å². The summed E-state index contributed by atoms with van der Waals surface area (Å²) < 4.78 is 60.0. The lowest BCUT2D eigenvalue weighted by Gasteiger charge is -2.17. The fourth-order valence-corrected chi connectivity index (χ4v) is 8.10. The van der Waals surface area contributed by atoms with Crippen LogP contribution in [0.15, 0.2) is 72.9 Å². The Hall–Kier alpha value is -4.50. The van der Waals surface area contributed by atoms with Gasteiger partial charge in [0.05, 0.1) is 26.0 Å². The topological polar surface area (TPSA) is 126 Å². The molecule has 0 atom stereocenters. The van der Waals surface area contributed by atoms with Crippen molar-refractivity contribution in [1.82, 2.24) is 19.9 Å². The van der Waals surface area contributed by atoms with Gasteiger partial charge in [-0.2, -0.15) is 0 Å². The Balaban J connectivity index is 1.28. The molecule has 3 aromatic carbocycles. The molecule has 0 bridgehead atoms. The first-order valence-electron chi connectivity index (χ1n) is 16.6. The molecule has 2 N–H and O–H groups in total. The van der Waals surface area contributed by atoms with E-state index in [-0.39, 0.29) is 17.4 Å². The smallest absolute Gasteiger partial charge is 0.261 e. The minimum Gasteiger partial charge on any atom is -0.491 e. The number of sulfone groups is 1. The number of thiazole rings is 1. The first kappa shape index (κ1) is 37.3. The average molecular weight is 767 g/mol. The van der Waals surface area contributed by atoms with E-state index in [9.17, 15) is 22.0 Å². The van der Waals surface area contributed by atoms with Crippen LogP contribution in [0.25, 0.3) is 21.8 Å². The van der Waals surface area contributed by atoms with E-state index in [1.807, 2.05) is 6.07 Å². The summed E-state index contributed by atoms with van der Waals surface area (Å²) in [6.07, 6.45) is 3.99. The molecule has 10 nitrogen and oxygen atoms in total. The second-order valence-electron chi connectivity index (χ2n) is 13.2. The molecule has 2 aromatic heterocycles. The SMILES string of the molecule is CC(C)(C)S(=O)(=O)Cc1nc(-c2cccc(NC(=O)c3c(F)cccc3F)c2)c(-c2ccnc(Nc3ccc(OCCN4CCCC4)c(Cl)c3)n2)s1. The predicted octanol–water partition coefficient (Wildman–Crippen LogP) is 8.38. The summed E-state index contributed by atoms with van der Waals surface area (Å²) in [4.78, 5) is 29.6. The number of rotatable bonds is 12. The summed E-state index contributed by atoms with van der Waals surface area (Å²) in [5.74, 6) is -2.42. The van der Waals surface area contributed by atoms with Gasteiger partial charge in [-0.05, 0) is 95.2 Å². The van der Waals surface area contributed by atoms with Gasteiger partial charge < -0.3 is 15.4 Å². The van der Waals surface area contributed by atoms with Crippen molar-refractivity contribution in [3.05, 3.63) is 100 Å². The average Bonchev–Trinajstić information content (AvgIpc) is 3.76.